The number of ether oxygens (including phenoxy) is 1. The Morgan fingerprint density at radius 3 is 2.50 bits per heavy atom. The lowest BCUT2D eigenvalue weighted by Gasteiger charge is -2.17. The molecule has 2 N–H and O–H groups in total. The minimum absolute atomic E-state index is 0.107. The van der Waals surface area contributed by atoms with Crippen LogP contribution in [0.2, 0.25) is 0 Å². The third kappa shape index (κ3) is 4.74. The second-order valence-electron chi connectivity index (χ2n) is 7.67. The van der Waals surface area contributed by atoms with Crippen LogP contribution < -0.4 is 10.1 Å². The molecule has 0 amide bonds. The number of fused-ring (bicyclic) bond motifs is 1. The van der Waals surface area contributed by atoms with E-state index in [9.17, 15) is 0 Å². The molecule has 0 saturated carbocycles. The van der Waals surface area contributed by atoms with E-state index in [-0.39, 0.29) is 6.04 Å². The highest BCUT2D eigenvalue weighted by atomic mass is 32.1. The van der Waals surface area contributed by atoms with Gasteiger partial charge in [-0.1, -0.05) is 66.7 Å². The first-order valence-corrected chi connectivity index (χ1v) is 11.7. The van der Waals surface area contributed by atoms with Gasteiger partial charge < -0.3 is 15.0 Å². The fraction of sp³-hybridized carbons (Fsp3) is 0.148. The SMILES string of the molecule is c1ccc(OCCN[C@H](Cc2c[nH]c3ccccc23)c2nc(-c3ccccc3)cs2)cc1. The van der Waals surface area contributed by atoms with Gasteiger partial charge in [0.2, 0.25) is 0 Å². The van der Waals surface area contributed by atoms with E-state index < -0.39 is 0 Å². The second kappa shape index (κ2) is 9.81. The summed E-state index contributed by atoms with van der Waals surface area (Å²) in [5.74, 6) is 0.892. The molecular weight excluding hydrogens is 414 g/mol. The molecule has 0 radical (unpaired) electrons. The molecule has 1 atom stereocenters. The number of H-pyrrole nitrogens is 1. The summed E-state index contributed by atoms with van der Waals surface area (Å²) in [5, 5.41) is 8.19. The lowest BCUT2D eigenvalue weighted by Crippen LogP contribution is -2.27. The molecule has 5 heteroatoms. The van der Waals surface area contributed by atoms with Crippen LogP contribution >= 0.6 is 11.3 Å². The highest BCUT2D eigenvalue weighted by Gasteiger charge is 2.18. The number of para-hydroxylation sites is 2. The van der Waals surface area contributed by atoms with Crippen LogP contribution in [0.1, 0.15) is 16.6 Å². The van der Waals surface area contributed by atoms with Crippen molar-refractivity contribution in [2.24, 2.45) is 0 Å². The van der Waals surface area contributed by atoms with E-state index in [0.29, 0.717) is 6.61 Å². The molecule has 0 aliphatic heterocycles. The Labute approximate surface area is 191 Å². The average Bonchev–Trinajstić information content (AvgIpc) is 3.50. The molecule has 0 aliphatic carbocycles. The molecule has 4 nitrogen and oxygen atoms in total. The van der Waals surface area contributed by atoms with E-state index in [1.165, 1.54) is 10.9 Å². The molecule has 0 aliphatic rings. The first-order chi connectivity index (χ1) is 15.9. The van der Waals surface area contributed by atoms with E-state index in [2.05, 4.69) is 70.4 Å². The van der Waals surface area contributed by atoms with Gasteiger partial charge in [0, 0.05) is 34.6 Å². The molecule has 32 heavy (non-hydrogen) atoms. The summed E-state index contributed by atoms with van der Waals surface area (Å²) < 4.78 is 5.89. The van der Waals surface area contributed by atoms with Crippen molar-refractivity contribution in [1.29, 1.82) is 0 Å². The molecule has 0 unspecified atom stereocenters. The maximum atomic E-state index is 5.89. The fourth-order valence-electron chi connectivity index (χ4n) is 3.88. The van der Waals surface area contributed by atoms with Crippen molar-refractivity contribution in [3.05, 3.63) is 107 Å². The monoisotopic (exact) mass is 439 g/mol. The van der Waals surface area contributed by atoms with Crippen LogP contribution in [-0.4, -0.2) is 23.1 Å². The van der Waals surface area contributed by atoms with Crippen LogP contribution in [0.25, 0.3) is 22.2 Å². The van der Waals surface area contributed by atoms with Crippen molar-refractivity contribution >= 4 is 22.2 Å². The molecule has 5 rings (SSSR count). The summed E-state index contributed by atoms with van der Waals surface area (Å²) in [7, 11) is 0. The van der Waals surface area contributed by atoms with Gasteiger partial charge in [-0.3, -0.25) is 0 Å². The number of nitrogens with zero attached hydrogens (tertiary/aromatic N) is 1. The zero-order valence-electron chi connectivity index (χ0n) is 17.7. The molecule has 2 heterocycles. The van der Waals surface area contributed by atoms with E-state index in [4.69, 9.17) is 9.72 Å². The van der Waals surface area contributed by atoms with Crippen molar-refractivity contribution in [3.63, 3.8) is 0 Å². The van der Waals surface area contributed by atoms with E-state index in [1.54, 1.807) is 11.3 Å². The van der Waals surface area contributed by atoms with Crippen LogP contribution in [0.15, 0.2) is 96.5 Å². The molecule has 0 saturated heterocycles. The molecular formula is C27H25N3OS. The highest BCUT2D eigenvalue weighted by Crippen LogP contribution is 2.29. The average molecular weight is 440 g/mol. The summed E-state index contributed by atoms with van der Waals surface area (Å²) in [6.07, 6.45) is 2.97. The Hall–Kier alpha value is -3.41. The van der Waals surface area contributed by atoms with Crippen LogP contribution in [0.3, 0.4) is 0 Å². The number of benzene rings is 3. The van der Waals surface area contributed by atoms with Crippen LogP contribution in [0, 0.1) is 0 Å². The van der Waals surface area contributed by atoms with Crippen molar-refractivity contribution in [2.75, 3.05) is 13.2 Å². The minimum Gasteiger partial charge on any atom is -0.492 e. The van der Waals surface area contributed by atoms with Crippen LogP contribution in [-0.2, 0) is 6.42 Å². The van der Waals surface area contributed by atoms with Gasteiger partial charge in [0.05, 0.1) is 11.7 Å². The van der Waals surface area contributed by atoms with Gasteiger partial charge in [0.1, 0.15) is 17.4 Å². The molecule has 5 aromatic rings. The smallest absolute Gasteiger partial charge is 0.119 e. The first-order valence-electron chi connectivity index (χ1n) is 10.8. The molecule has 160 valence electrons. The predicted octanol–water partition coefficient (Wildman–Crippen LogP) is 6.24. The molecule has 2 aromatic heterocycles. The number of rotatable bonds is 9. The Balaban J connectivity index is 1.34. The quantitative estimate of drug-likeness (QED) is 0.267. The lowest BCUT2D eigenvalue weighted by molar-refractivity contribution is 0.305. The maximum absolute atomic E-state index is 5.89. The minimum atomic E-state index is 0.107. The number of aromatic nitrogens is 2. The number of thiazole rings is 1. The van der Waals surface area contributed by atoms with E-state index in [1.807, 2.05) is 36.4 Å². The second-order valence-corrected chi connectivity index (χ2v) is 8.56. The van der Waals surface area contributed by atoms with Crippen molar-refractivity contribution in [1.82, 2.24) is 15.3 Å². The number of hydrogen-bond acceptors (Lipinski definition) is 4. The van der Waals surface area contributed by atoms with E-state index in [0.717, 1.165) is 40.5 Å². The van der Waals surface area contributed by atoms with Crippen molar-refractivity contribution in [2.45, 2.75) is 12.5 Å². The zero-order chi connectivity index (χ0) is 21.6. The highest BCUT2D eigenvalue weighted by molar-refractivity contribution is 7.10. The number of aromatic amines is 1. The summed E-state index contributed by atoms with van der Waals surface area (Å²) in [6, 6.07) is 28.8. The number of nitrogens with one attached hydrogen (secondary N) is 2. The Morgan fingerprint density at radius 2 is 1.66 bits per heavy atom. The van der Waals surface area contributed by atoms with Gasteiger partial charge >= 0.3 is 0 Å². The summed E-state index contributed by atoms with van der Waals surface area (Å²) in [6.45, 7) is 1.34. The van der Waals surface area contributed by atoms with Gasteiger partial charge in [-0.15, -0.1) is 11.3 Å². The molecule has 0 fully saturated rings. The normalized spacial score (nSPS) is 12.1. The van der Waals surface area contributed by atoms with Crippen LogP contribution in [0.4, 0.5) is 0 Å². The third-order valence-corrected chi connectivity index (χ3v) is 6.45. The van der Waals surface area contributed by atoms with Gasteiger partial charge in [-0.05, 0) is 30.2 Å². The maximum Gasteiger partial charge on any atom is 0.119 e. The zero-order valence-corrected chi connectivity index (χ0v) is 18.5. The van der Waals surface area contributed by atoms with Gasteiger partial charge in [-0.25, -0.2) is 4.98 Å². The predicted molar refractivity (Wildman–Crippen MR) is 132 cm³/mol. The molecule has 3 aromatic carbocycles. The summed E-state index contributed by atoms with van der Waals surface area (Å²) >= 11 is 1.71. The third-order valence-electron chi connectivity index (χ3n) is 5.49. The fourth-order valence-corrected chi connectivity index (χ4v) is 4.78. The van der Waals surface area contributed by atoms with Crippen molar-refractivity contribution in [3.8, 4) is 17.0 Å². The van der Waals surface area contributed by atoms with Gasteiger partial charge in [0.25, 0.3) is 0 Å². The summed E-state index contributed by atoms with van der Waals surface area (Å²) in [4.78, 5) is 8.38. The van der Waals surface area contributed by atoms with Gasteiger partial charge in [-0.2, -0.15) is 0 Å². The van der Waals surface area contributed by atoms with Gasteiger partial charge in [0.15, 0.2) is 0 Å². The number of hydrogen-bond donors (Lipinski definition) is 2. The van der Waals surface area contributed by atoms with Crippen molar-refractivity contribution < 1.29 is 4.74 Å². The topological polar surface area (TPSA) is 49.9 Å². The molecule has 0 spiro atoms. The van der Waals surface area contributed by atoms with E-state index >= 15 is 0 Å². The Kier molecular flexibility index (Phi) is 6.28. The Bertz CT molecular complexity index is 1260. The lowest BCUT2D eigenvalue weighted by atomic mass is 10.1. The largest absolute Gasteiger partial charge is 0.492 e. The Morgan fingerprint density at radius 1 is 0.906 bits per heavy atom. The standard InChI is InChI=1S/C27H25N3OS/c1-3-9-20(10-4-1)26-19-32-27(30-26)25(28-15-16-31-22-11-5-2-6-12-22)17-21-18-29-24-14-8-7-13-23(21)24/h1-14,18-19,25,28-29H,15-17H2/t25-/m1/s1. The molecule has 0 bridgehead atoms. The van der Waals surface area contributed by atoms with Crippen LogP contribution in [0.5, 0.6) is 5.75 Å². The first kappa shape index (κ1) is 20.5. The summed E-state index contributed by atoms with van der Waals surface area (Å²) in [5.41, 5.74) is 4.63.